The highest BCUT2D eigenvalue weighted by Gasteiger charge is 2.11. The Kier molecular flexibility index (Phi) is 5.10. The Morgan fingerprint density at radius 2 is 1.81 bits per heavy atom. The molecule has 0 saturated carbocycles. The van der Waals surface area contributed by atoms with Gasteiger partial charge in [-0.25, -0.2) is 0 Å². The van der Waals surface area contributed by atoms with Gasteiger partial charge in [0.05, 0.1) is 17.7 Å². The minimum absolute atomic E-state index is 0.180. The maximum absolute atomic E-state index is 10.2. The van der Waals surface area contributed by atoms with Crippen molar-refractivity contribution in [2.75, 3.05) is 6.54 Å². The van der Waals surface area contributed by atoms with Crippen LogP contribution in [0.15, 0.2) is 48.5 Å². The van der Waals surface area contributed by atoms with Crippen LogP contribution in [-0.2, 0) is 0 Å². The number of rotatable bonds is 5. The van der Waals surface area contributed by atoms with Gasteiger partial charge >= 0.3 is 0 Å². The van der Waals surface area contributed by atoms with E-state index in [2.05, 4.69) is 37.4 Å². The van der Waals surface area contributed by atoms with Crippen molar-refractivity contribution < 1.29 is 5.11 Å². The van der Waals surface area contributed by atoms with Crippen LogP contribution < -0.4 is 5.32 Å². The van der Waals surface area contributed by atoms with E-state index in [-0.39, 0.29) is 6.04 Å². The van der Waals surface area contributed by atoms with Crippen LogP contribution in [0.2, 0.25) is 0 Å². The maximum Gasteiger partial charge on any atom is 0.0991 e. The quantitative estimate of drug-likeness (QED) is 0.884. The Labute approximate surface area is 125 Å². The predicted molar refractivity (Wildman–Crippen MR) is 83.7 cm³/mol. The molecule has 0 fully saturated rings. The van der Waals surface area contributed by atoms with Gasteiger partial charge in [0.2, 0.25) is 0 Å². The zero-order chi connectivity index (χ0) is 15.2. The van der Waals surface area contributed by atoms with Crippen LogP contribution in [0.4, 0.5) is 0 Å². The second kappa shape index (κ2) is 7.03. The van der Waals surface area contributed by atoms with Crippen LogP contribution in [0.1, 0.15) is 41.3 Å². The zero-order valence-corrected chi connectivity index (χ0v) is 12.4. The molecule has 2 aromatic carbocycles. The van der Waals surface area contributed by atoms with Crippen LogP contribution in [0.25, 0.3) is 0 Å². The smallest absolute Gasteiger partial charge is 0.0991 e. The molecule has 0 radical (unpaired) electrons. The molecular formula is C18H20N2O. The van der Waals surface area contributed by atoms with Crippen molar-refractivity contribution in [1.29, 1.82) is 5.26 Å². The van der Waals surface area contributed by atoms with Gasteiger partial charge in [-0.05, 0) is 42.7 Å². The molecule has 0 aliphatic carbocycles. The molecule has 2 aromatic rings. The van der Waals surface area contributed by atoms with Gasteiger partial charge in [0, 0.05) is 12.6 Å². The summed E-state index contributed by atoms with van der Waals surface area (Å²) >= 11 is 0. The molecule has 21 heavy (non-hydrogen) atoms. The molecule has 3 nitrogen and oxygen atoms in total. The van der Waals surface area contributed by atoms with Crippen molar-refractivity contribution in [2.45, 2.75) is 26.0 Å². The summed E-state index contributed by atoms with van der Waals surface area (Å²) in [5.74, 6) is 0. The van der Waals surface area contributed by atoms with E-state index >= 15 is 0 Å². The molecule has 0 aliphatic heterocycles. The monoisotopic (exact) mass is 280 g/mol. The van der Waals surface area contributed by atoms with Crippen molar-refractivity contribution in [3.05, 3.63) is 70.8 Å². The van der Waals surface area contributed by atoms with E-state index in [1.807, 2.05) is 12.1 Å². The summed E-state index contributed by atoms with van der Waals surface area (Å²) in [4.78, 5) is 0. The number of hydrogen-bond acceptors (Lipinski definition) is 3. The van der Waals surface area contributed by atoms with Crippen molar-refractivity contribution in [2.24, 2.45) is 0 Å². The maximum atomic E-state index is 10.2. The predicted octanol–water partition coefficient (Wildman–Crippen LogP) is 3.25. The molecule has 0 aromatic heterocycles. The first-order valence-corrected chi connectivity index (χ1v) is 7.09. The summed E-state index contributed by atoms with van der Waals surface area (Å²) < 4.78 is 0. The number of aliphatic hydroxyl groups excluding tert-OH is 1. The lowest BCUT2D eigenvalue weighted by Gasteiger charge is -2.19. The third kappa shape index (κ3) is 3.91. The van der Waals surface area contributed by atoms with E-state index in [0.29, 0.717) is 12.1 Å². The summed E-state index contributed by atoms with van der Waals surface area (Å²) in [5, 5.41) is 22.3. The Hall–Kier alpha value is -2.15. The number of benzene rings is 2. The van der Waals surface area contributed by atoms with Crippen LogP contribution in [0, 0.1) is 18.3 Å². The van der Waals surface area contributed by atoms with Crippen LogP contribution in [0.3, 0.4) is 0 Å². The highest BCUT2D eigenvalue weighted by atomic mass is 16.3. The topological polar surface area (TPSA) is 56.0 Å². The van der Waals surface area contributed by atoms with Gasteiger partial charge in [-0.2, -0.15) is 5.26 Å². The SMILES string of the molecule is Cc1ccccc1[C@@H](C)NCC(O)c1ccc(C#N)cc1. The van der Waals surface area contributed by atoms with Crippen molar-refractivity contribution in [3.63, 3.8) is 0 Å². The fraction of sp³-hybridized carbons (Fsp3) is 0.278. The molecule has 0 amide bonds. The molecule has 2 N–H and O–H groups in total. The van der Waals surface area contributed by atoms with Gasteiger partial charge < -0.3 is 10.4 Å². The highest BCUT2D eigenvalue weighted by Crippen LogP contribution is 2.18. The van der Waals surface area contributed by atoms with Crippen molar-refractivity contribution in [3.8, 4) is 6.07 Å². The fourth-order valence-corrected chi connectivity index (χ4v) is 2.37. The Morgan fingerprint density at radius 3 is 2.43 bits per heavy atom. The van der Waals surface area contributed by atoms with E-state index in [9.17, 15) is 5.11 Å². The molecule has 0 spiro atoms. The van der Waals surface area contributed by atoms with Crippen LogP contribution >= 0.6 is 0 Å². The third-order valence-electron chi connectivity index (χ3n) is 3.70. The number of nitrogens with one attached hydrogen (secondary N) is 1. The van der Waals surface area contributed by atoms with Crippen LogP contribution in [-0.4, -0.2) is 11.7 Å². The van der Waals surface area contributed by atoms with Crippen molar-refractivity contribution in [1.82, 2.24) is 5.32 Å². The second-order valence-electron chi connectivity index (χ2n) is 5.24. The summed E-state index contributed by atoms with van der Waals surface area (Å²) in [6.07, 6.45) is -0.579. The zero-order valence-electron chi connectivity index (χ0n) is 12.4. The van der Waals surface area contributed by atoms with Crippen molar-refractivity contribution >= 4 is 0 Å². The lowest BCUT2D eigenvalue weighted by molar-refractivity contribution is 0.170. The summed E-state index contributed by atoms with van der Waals surface area (Å²) in [6, 6.07) is 17.5. The van der Waals surface area contributed by atoms with E-state index in [1.54, 1.807) is 24.3 Å². The van der Waals surface area contributed by atoms with Crippen LogP contribution in [0.5, 0.6) is 0 Å². The Balaban J connectivity index is 1.96. The van der Waals surface area contributed by atoms with Gasteiger partial charge in [-0.15, -0.1) is 0 Å². The Bertz CT molecular complexity index is 628. The average molecular weight is 280 g/mol. The third-order valence-corrected chi connectivity index (χ3v) is 3.70. The number of aliphatic hydroxyl groups is 1. The number of nitriles is 1. The van der Waals surface area contributed by atoms with Gasteiger partial charge in [0.15, 0.2) is 0 Å². The van der Waals surface area contributed by atoms with E-state index in [4.69, 9.17) is 5.26 Å². The second-order valence-corrected chi connectivity index (χ2v) is 5.24. The van der Waals surface area contributed by atoms with Gasteiger partial charge in [-0.1, -0.05) is 36.4 Å². The average Bonchev–Trinajstić information content (AvgIpc) is 2.52. The van der Waals surface area contributed by atoms with E-state index < -0.39 is 6.10 Å². The standard InChI is InChI=1S/C18H20N2O/c1-13-5-3-4-6-17(13)14(2)20-12-18(21)16-9-7-15(11-19)8-10-16/h3-10,14,18,20-21H,12H2,1-2H3/t14-,18?/m1/s1. The normalized spacial score (nSPS) is 13.4. The van der Waals surface area contributed by atoms with E-state index in [1.165, 1.54) is 11.1 Å². The van der Waals surface area contributed by atoms with Gasteiger partial charge in [0.1, 0.15) is 0 Å². The first kappa shape index (κ1) is 15.2. The highest BCUT2D eigenvalue weighted by molar-refractivity contribution is 5.32. The molecule has 0 heterocycles. The number of nitrogens with zero attached hydrogens (tertiary/aromatic N) is 1. The van der Waals surface area contributed by atoms with Gasteiger partial charge in [0.25, 0.3) is 0 Å². The number of hydrogen-bond donors (Lipinski definition) is 2. The minimum Gasteiger partial charge on any atom is -0.387 e. The van der Waals surface area contributed by atoms with Gasteiger partial charge in [-0.3, -0.25) is 0 Å². The van der Waals surface area contributed by atoms with E-state index in [0.717, 1.165) is 5.56 Å². The number of aryl methyl sites for hydroxylation is 1. The first-order chi connectivity index (χ1) is 10.1. The molecule has 0 aliphatic rings. The molecule has 0 saturated heterocycles. The molecule has 2 atom stereocenters. The molecule has 108 valence electrons. The Morgan fingerprint density at radius 1 is 1.14 bits per heavy atom. The lowest BCUT2D eigenvalue weighted by Crippen LogP contribution is -2.25. The summed E-state index contributed by atoms with van der Waals surface area (Å²) in [5.41, 5.74) is 3.90. The molecule has 1 unspecified atom stereocenters. The first-order valence-electron chi connectivity index (χ1n) is 7.09. The molecule has 0 bridgehead atoms. The molecule has 2 rings (SSSR count). The fourth-order valence-electron chi connectivity index (χ4n) is 2.37. The molecular weight excluding hydrogens is 260 g/mol. The lowest BCUT2D eigenvalue weighted by atomic mass is 10.0. The summed E-state index contributed by atoms with van der Waals surface area (Å²) in [6.45, 7) is 4.65. The minimum atomic E-state index is -0.579. The summed E-state index contributed by atoms with van der Waals surface area (Å²) in [7, 11) is 0. The largest absolute Gasteiger partial charge is 0.387 e. The molecule has 3 heteroatoms.